The molecule has 0 saturated carbocycles. The van der Waals surface area contributed by atoms with Crippen molar-refractivity contribution in [1.82, 2.24) is 4.98 Å². The molecule has 2 aromatic carbocycles. The fourth-order valence-electron chi connectivity index (χ4n) is 3.35. The van der Waals surface area contributed by atoms with Crippen molar-refractivity contribution in [3.63, 3.8) is 0 Å². The predicted molar refractivity (Wildman–Crippen MR) is 97.4 cm³/mol. The Morgan fingerprint density at radius 1 is 0.960 bits per heavy atom. The van der Waals surface area contributed by atoms with Crippen LogP contribution in [0.5, 0.6) is 0 Å². The number of nitrogens with zero attached hydrogens (tertiary/aromatic N) is 1. The second-order valence-electron chi connectivity index (χ2n) is 6.20. The minimum Gasteiger partial charge on any atom is -0.307 e. The Bertz CT molecular complexity index is 955. The van der Waals surface area contributed by atoms with Crippen LogP contribution in [0.25, 0.3) is 10.9 Å². The van der Waals surface area contributed by atoms with Crippen LogP contribution < -0.4 is 10.6 Å². The molecule has 0 spiro atoms. The molecular weight excluding hydrogens is 317 g/mol. The number of hydrogen-bond donors (Lipinski definition) is 2. The highest BCUT2D eigenvalue weighted by atomic mass is 19.1. The van der Waals surface area contributed by atoms with E-state index in [0.717, 1.165) is 53.5 Å². The zero-order chi connectivity index (χ0) is 17.2. The molecule has 1 aliphatic rings. The van der Waals surface area contributed by atoms with Crippen molar-refractivity contribution in [2.45, 2.75) is 25.7 Å². The highest BCUT2D eigenvalue weighted by Gasteiger charge is 2.19. The number of hydrogen-bond acceptors (Lipinski definition) is 2. The van der Waals surface area contributed by atoms with E-state index in [0.29, 0.717) is 0 Å². The van der Waals surface area contributed by atoms with Gasteiger partial charge >= 0.3 is 6.03 Å². The number of carbonyl (C=O) groups is 1. The largest absolute Gasteiger partial charge is 0.323 e. The third-order valence-corrected chi connectivity index (χ3v) is 4.53. The van der Waals surface area contributed by atoms with Crippen molar-refractivity contribution < 1.29 is 9.18 Å². The zero-order valence-electron chi connectivity index (χ0n) is 13.7. The average Bonchev–Trinajstić information content (AvgIpc) is 2.63. The maximum atomic E-state index is 13.8. The molecule has 1 heterocycles. The number of nitrogens with one attached hydrogen (secondary N) is 2. The van der Waals surface area contributed by atoms with E-state index in [4.69, 9.17) is 4.98 Å². The molecule has 2 N–H and O–H groups in total. The van der Waals surface area contributed by atoms with Gasteiger partial charge in [-0.3, -0.25) is 4.98 Å². The van der Waals surface area contributed by atoms with E-state index in [1.807, 2.05) is 24.3 Å². The number of aromatic nitrogens is 1. The monoisotopic (exact) mass is 335 g/mol. The van der Waals surface area contributed by atoms with Gasteiger partial charge in [-0.2, -0.15) is 0 Å². The van der Waals surface area contributed by atoms with Crippen LogP contribution in [0.15, 0.2) is 48.5 Å². The number of halogens is 1. The summed E-state index contributed by atoms with van der Waals surface area (Å²) in [7, 11) is 0. The van der Waals surface area contributed by atoms with Gasteiger partial charge in [-0.25, -0.2) is 9.18 Å². The molecular formula is C20H18FN3O. The molecule has 1 aliphatic carbocycles. The maximum absolute atomic E-state index is 13.8. The average molecular weight is 335 g/mol. The number of urea groups is 1. The second kappa shape index (κ2) is 6.51. The van der Waals surface area contributed by atoms with E-state index >= 15 is 0 Å². The fourth-order valence-corrected chi connectivity index (χ4v) is 3.35. The lowest BCUT2D eigenvalue weighted by Gasteiger charge is -2.21. The van der Waals surface area contributed by atoms with E-state index in [1.165, 1.54) is 12.1 Å². The summed E-state index contributed by atoms with van der Waals surface area (Å²) in [5, 5.41) is 6.43. The summed E-state index contributed by atoms with van der Waals surface area (Å²) in [6.07, 6.45) is 4.00. The molecule has 4 rings (SSSR count). The third-order valence-electron chi connectivity index (χ3n) is 4.53. The van der Waals surface area contributed by atoms with Gasteiger partial charge in [0.15, 0.2) is 0 Å². The quantitative estimate of drug-likeness (QED) is 0.700. The molecule has 0 fully saturated rings. The van der Waals surface area contributed by atoms with Gasteiger partial charge in [-0.05, 0) is 49.4 Å². The molecule has 5 heteroatoms. The summed E-state index contributed by atoms with van der Waals surface area (Å²) in [5.74, 6) is -0.459. The molecule has 0 radical (unpaired) electrons. The van der Waals surface area contributed by atoms with E-state index in [-0.39, 0.29) is 5.69 Å². The summed E-state index contributed by atoms with van der Waals surface area (Å²) in [6, 6.07) is 13.4. The van der Waals surface area contributed by atoms with Crippen molar-refractivity contribution in [2.75, 3.05) is 10.6 Å². The molecule has 0 unspecified atom stereocenters. The highest BCUT2D eigenvalue weighted by molar-refractivity contribution is 6.06. The first-order chi connectivity index (χ1) is 12.2. The van der Waals surface area contributed by atoms with E-state index in [2.05, 4.69) is 10.6 Å². The van der Waals surface area contributed by atoms with Crippen molar-refractivity contribution in [3.05, 3.63) is 65.6 Å². The van der Waals surface area contributed by atoms with Crippen molar-refractivity contribution in [1.29, 1.82) is 0 Å². The number of carbonyl (C=O) groups excluding carboxylic acids is 1. The first kappa shape index (κ1) is 15.6. The lowest BCUT2D eigenvalue weighted by atomic mass is 9.93. The normalized spacial score (nSPS) is 13.3. The van der Waals surface area contributed by atoms with Crippen LogP contribution in [0.3, 0.4) is 0 Å². The minimum atomic E-state index is -0.459. The summed E-state index contributed by atoms with van der Waals surface area (Å²) in [4.78, 5) is 17.2. The SMILES string of the molecule is O=C(Nc1ccccc1F)Nc1c2c(nc3ccccc13)CCCC2. The molecule has 25 heavy (non-hydrogen) atoms. The fraction of sp³-hybridized carbons (Fsp3) is 0.200. The molecule has 1 aromatic heterocycles. The van der Waals surface area contributed by atoms with Crippen molar-refractivity contribution >= 4 is 28.3 Å². The number of rotatable bonds is 2. The highest BCUT2D eigenvalue weighted by Crippen LogP contribution is 2.33. The Kier molecular flexibility index (Phi) is 4.06. The minimum absolute atomic E-state index is 0.159. The number of para-hydroxylation sites is 2. The van der Waals surface area contributed by atoms with Gasteiger partial charge in [0.05, 0.1) is 16.9 Å². The molecule has 4 nitrogen and oxygen atoms in total. The number of anilines is 2. The molecule has 0 bridgehead atoms. The number of amides is 2. The molecule has 0 saturated heterocycles. The van der Waals surface area contributed by atoms with E-state index < -0.39 is 11.8 Å². The molecule has 0 aliphatic heterocycles. The van der Waals surface area contributed by atoms with Crippen molar-refractivity contribution in [3.8, 4) is 0 Å². The first-order valence-corrected chi connectivity index (χ1v) is 8.45. The summed E-state index contributed by atoms with van der Waals surface area (Å²) in [5.41, 5.74) is 3.95. The molecule has 3 aromatic rings. The van der Waals surface area contributed by atoms with Crippen LogP contribution >= 0.6 is 0 Å². The Labute approximate surface area is 145 Å². The van der Waals surface area contributed by atoms with Crippen LogP contribution in [0, 0.1) is 5.82 Å². The van der Waals surface area contributed by atoms with Gasteiger partial charge in [0.2, 0.25) is 0 Å². The van der Waals surface area contributed by atoms with Crippen LogP contribution in [0.4, 0.5) is 20.6 Å². The van der Waals surface area contributed by atoms with Crippen LogP contribution in [0.2, 0.25) is 0 Å². The number of aryl methyl sites for hydroxylation is 1. The van der Waals surface area contributed by atoms with Gasteiger partial charge < -0.3 is 10.6 Å². The Hall–Kier alpha value is -2.95. The molecule has 2 amide bonds. The predicted octanol–water partition coefficient (Wildman–Crippen LogP) is 4.90. The summed E-state index contributed by atoms with van der Waals surface area (Å²) in [6.45, 7) is 0. The van der Waals surface area contributed by atoms with Gasteiger partial charge in [-0.1, -0.05) is 30.3 Å². The first-order valence-electron chi connectivity index (χ1n) is 8.45. The van der Waals surface area contributed by atoms with Crippen LogP contribution in [-0.4, -0.2) is 11.0 Å². The maximum Gasteiger partial charge on any atom is 0.323 e. The number of benzene rings is 2. The standard InChI is InChI=1S/C20H18FN3O/c21-15-9-3-6-12-18(15)23-20(25)24-19-13-7-1-4-10-16(13)22-17-11-5-2-8-14(17)19/h1,3-4,6-7,9-10,12H,2,5,8,11H2,(H2,22,23,24,25). The summed E-state index contributed by atoms with van der Waals surface area (Å²) >= 11 is 0. The molecule has 0 atom stereocenters. The lowest BCUT2D eigenvalue weighted by Crippen LogP contribution is -2.22. The van der Waals surface area contributed by atoms with Gasteiger partial charge in [0, 0.05) is 11.1 Å². The Morgan fingerprint density at radius 3 is 2.60 bits per heavy atom. The van der Waals surface area contributed by atoms with Gasteiger partial charge in [0.25, 0.3) is 0 Å². The number of fused-ring (bicyclic) bond motifs is 2. The second-order valence-corrected chi connectivity index (χ2v) is 6.20. The van der Waals surface area contributed by atoms with Crippen molar-refractivity contribution in [2.24, 2.45) is 0 Å². The number of pyridine rings is 1. The van der Waals surface area contributed by atoms with E-state index in [9.17, 15) is 9.18 Å². The zero-order valence-corrected chi connectivity index (χ0v) is 13.7. The summed E-state index contributed by atoms with van der Waals surface area (Å²) < 4.78 is 13.8. The topological polar surface area (TPSA) is 54.0 Å². The molecule has 126 valence electrons. The Balaban J connectivity index is 1.71. The Morgan fingerprint density at radius 2 is 1.72 bits per heavy atom. The van der Waals surface area contributed by atoms with Crippen LogP contribution in [0.1, 0.15) is 24.1 Å². The van der Waals surface area contributed by atoms with E-state index in [1.54, 1.807) is 12.1 Å². The van der Waals surface area contributed by atoms with Gasteiger partial charge in [0.1, 0.15) is 5.82 Å². The lowest BCUT2D eigenvalue weighted by molar-refractivity contribution is 0.262. The smallest absolute Gasteiger partial charge is 0.307 e. The van der Waals surface area contributed by atoms with Gasteiger partial charge in [-0.15, -0.1) is 0 Å². The van der Waals surface area contributed by atoms with Crippen LogP contribution in [-0.2, 0) is 12.8 Å². The third kappa shape index (κ3) is 3.05.